The predicted molar refractivity (Wildman–Crippen MR) is 112 cm³/mol. The molecule has 0 fully saturated rings. The van der Waals surface area contributed by atoms with Gasteiger partial charge in [-0.05, 0) is 31.6 Å². The average molecular weight is 385 g/mol. The van der Waals surface area contributed by atoms with E-state index in [2.05, 4.69) is 53.3 Å². The van der Waals surface area contributed by atoms with Gasteiger partial charge in [0.15, 0.2) is 0 Å². The van der Waals surface area contributed by atoms with Gasteiger partial charge in [-0.3, -0.25) is 0 Å². The fraction of sp³-hybridized carbons (Fsp3) is 0.375. The first-order chi connectivity index (χ1) is 12.1. The van der Waals surface area contributed by atoms with Crippen molar-refractivity contribution in [3.05, 3.63) is 75.9 Å². The second-order valence-electron chi connectivity index (χ2n) is 7.77. The molecule has 1 nitrogen and oxygen atoms in total. The first-order valence-corrected chi connectivity index (χ1v) is 10.7. The maximum absolute atomic E-state index is 5.58. The van der Waals surface area contributed by atoms with E-state index in [0.29, 0.717) is 5.41 Å². The van der Waals surface area contributed by atoms with Crippen molar-refractivity contribution in [3.8, 4) is 5.75 Å². The quantitative estimate of drug-likeness (QED) is 0.305. The minimum atomic E-state index is 0.0803. The number of para-hydroxylation sites is 1. The predicted octanol–water partition coefficient (Wildman–Crippen LogP) is 7.09. The zero-order valence-electron chi connectivity index (χ0n) is 17.4. The number of benzene rings is 1. The van der Waals surface area contributed by atoms with Gasteiger partial charge in [0, 0.05) is 0 Å². The Morgan fingerprint density at radius 2 is 1.69 bits per heavy atom. The van der Waals surface area contributed by atoms with Crippen LogP contribution in [0.25, 0.3) is 0 Å². The summed E-state index contributed by atoms with van der Waals surface area (Å²) in [4.78, 5) is 0. The Labute approximate surface area is 169 Å². The van der Waals surface area contributed by atoms with E-state index < -0.39 is 0 Å². The van der Waals surface area contributed by atoms with Gasteiger partial charge in [-0.2, -0.15) is 0 Å². The summed E-state index contributed by atoms with van der Waals surface area (Å²) in [5.74, 6) is 1.75. The van der Waals surface area contributed by atoms with Crippen LogP contribution in [0.2, 0.25) is 0 Å². The van der Waals surface area contributed by atoms with Crippen molar-refractivity contribution in [1.29, 1.82) is 0 Å². The SMILES string of the molecule is C=CC(C)=C(C)Oc1ccccc1.C[C](C)=[Ti][C]1=CC(C(C)(C)C)=CC1. The van der Waals surface area contributed by atoms with Gasteiger partial charge in [0.2, 0.25) is 0 Å². The summed E-state index contributed by atoms with van der Waals surface area (Å²) in [6, 6.07) is 9.73. The zero-order valence-corrected chi connectivity index (χ0v) is 19.0. The molecule has 1 aromatic carbocycles. The topological polar surface area (TPSA) is 9.23 Å². The van der Waals surface area contributed by atoms with Crippen molar-refractivity contribution in [2.45, 2.75) is 54.9 Å². The second kappa shape index (κ2) is 10.6. The Bertz CT molecular complexity index is 721. The molecule has 1 aliphatic rings. The maximum atomic E-state index is 5.58. The Morgan fingerprint density at radius 3 is 2.15 bits per heavy atom. The van der Waals surface area contributed by atoms with Crippen LogP contribution in [0.4, 0.5) is 0 Å². The number of rotatable bonds is 4. The van der Waals surface area contributed by atoms with E-state index >= 15 is 0 Å². The molecule has 0 atom stereocenters. The molecule has 2 rings (SSSR count). The standard InChI is InChI=1S/C12H14O.C9H13.C3H6.Ti/c1-4-10(2)11(3)13-12-8-6-5-7-9-12;1-9(2,3)8-6-4-5-7-8;1-3-2;/h4-9H,1H2,2-3H3;6-7H,4H2,1-3H3;1-2H3;. The molecule has 1 aliphatic carbocycles. The second-order valence-corrected chi connectivity index (χ2v) is 10.7. The van der Waals surface area contributed by atoms with E-state index in [0.717, 1.165) is 17.1 Å². The summed E-state index contributed by atoms with van der Waals surface area (Å²) >= 11 is 0.0803. The van der Waals surface area contributed by atoms with Crippen LogP contribution in [-0.2, 0) is 18.7 Å². The molecule has 139 valence electrons. The first-order valence-electron chi connectivity index (χ1n) is 9.14. The molecular weight excluding hydrogens is 352 g/mol. The third kappa shape index (κ3) is 8.30. The molecule has 0 N–H and O–H groups in total. The fourth-order valence-electron chi connectivity index (χ4n) is 2.35. The van der Waals surface area contributed by atoms with Crippen LogP contribution in [0.1, 0.15) is 54.9 Å². The van der Waals surface area contributed by atoms with Crippen LogP contribution in [0, 0.1) is 5.41 Å². The summed E-state index contributed by atoms with van der Waals surface area (Å²) in [7, 11) is 0. The van der Waals surface area contributed by atoms with Crippen LogP contribution in [0.3, 0.4) is 0 Å². The first kappa shape index (κ1) is 22.6. The molecule has 0 amide bonds. The third-order valence-corrected chi connectivity index (χ3v) is 5.85. The molecule has 0 aromatic heterocycles. The van der Waals surface area contributed by atoms with Crippen molar-refractivity contribution < 1.29 is 23.4 Å². The van der Waals surface area contributed by atoms with Crippen molar-refractivity contribution in [1.82, 2.24) is 0 Å². The van der Waals surface area contributed by atoms with Crippen LogP contribution in [0.15, 0.2) is 75.9 Å². The van der Waals surface area contributed by atoms with E-state index in [-0.39, 0.29) is 18.7 Å². The molecule has 1 aromatic rings. The van der Waals surface area contributed by atoms with E-state index in [9.17, 15) is 0 Å². The van der Waals surface area contributed by atoms with Crippen molar-refractivity contribution in [2.75, 3.05) is 0 Å². The molecule has 26 heavy (non-hydrogen) atoms. The number of ether oxygens (including phenoxy) is 1. The van der Waals surface area contributed by atoms with E-state index in [1.54, 1.807) is 13.8 Å². The average Bonchev–Trinajstić information content (AvgIpc) is 3.03. The Kier molecular flexibility index (Phi) is 9.26. The zero-order chi connectivity index (χ0) is 19.7. The monoisotopic (exact) mass is 385 g/mol. The van der Waals surface area contributed by atoms with Gasteiger partial charge >= 0.3 is 90.6 Å². The van der Waals surface area contributed by atoms with Gasteiger partial charge in [0.1, 0.15) is 11.5 Å². The Balaban J connectivity index is 0.000000260. The van der Waals surface area contributed by atoms with Gasteiger partial charge in [0.05, 0.1) is 0 Å². The summed E-state index contributed by atoms with van der Waals surface area (Å²) in [6.45, 7) is 19.0. The molecule has 0 heterocycles. The minimum absolute atomic E-state index is 0.0803. The molecule has 0 radical (unpaired) electrons. The van der Waals surface area contributed by atoms with Crippen molar-refractivity contribution in [2.24, 2.45) is 5.41 Å². The summed E-state index contributed by atoms with van der Waals surface area (Å²) in [5.41, 5.74) is 2.94. The van der Waals surface area contributed by atoms with Crippen LogP contribution < -0.4 is 4.74 Å². The summed E-state index contributed by atoms with van der Waals surface area (Å²) in [5, 5.41) is 0. The fourth-order valence-corrected chi connectivity index (χ4v) is 4.02. The van der Waals surface area contributed by atoms with Crippen LogP contribution >= 0.6 is 0 Å². The van der Waals surface area contributed by atoms with Crippen molar-refractivity contribution >= 4 is 3.81 Å². The van der Waals surface area contributed by atoms with Gasteiger partial charge < -0.3 is 4.74 Å². The van der Waals surface area contributed by atoms with E-state index in [1.807, 2.05) is 44.2 Å². The van der Waals surface area contributed by atoms with E-state index in [4.69, 9.17) is 4.74 Å². The summed E-state index contributed by atoms with van der Waals surface area (Å²) in [6.07, 6.45) is 7.85. The number of hydrogen-bond donors (Lipinski definition) is 0. The third-order valence-electron chi connectivity index (χ3n) is 4.02. The van der Waals surface area contributed by atoms with Gasteiger partial charge in [0.25, 0.3) is 0 Å². The molecule has 2 heteroatoms. The summed E-state index contributed by atoms with van der Waals surface area (Å²) < 4.78 is 8.91. The molecule has 0 bridgehead atoms. The van der Waals surface area contributed by atoms with Gasteiger partial charge in [-0.25, -0.2) is 0 Å². The van der Waals surface area contributed by atoms with Crippen LogP contribution in [0.5, 0.6) is 5.75 Å². The Morgan fingerprint density at radius 1 is 1.08 bits per heavy atom. The normalized spacial score (nSPS) is 14.1. The van der Waals surface area contributed by atoms with Crippen LogP contribution in [-0.4, -0.2) is 3.81 Å². The molecule has 0 saturated heterocycles. The van der Waals surface area contributed by atoms with Gasteiger partial charge in [-0.15, -0.1) is 0 Å². The molecular formula is C24H33OTi. The van der Waals surface area contributed by atoms with Crippen molar-refractivity contribution in [3.63, 3.8) is 0 Å². The van der Waals surface area contributed by atoms with Gasteiger partial charge in [-0.1, -0.05) is 30.9 Å². The molecule has 0 unspecified atom stereocenters. The Hall–Kier alpha value is -1.44. The molecule has 0 spiro atoms. The molecule has 0 saturated carbocycles. The molecule has 0 aliphatic heterocycles. The van der Waals surface area contributed by atoms with E-state index in [1.165, 1.54) is 12.0 Å². The number of allylic oxidation sites excluding steroid dienone is 7. The number of hydrogen-bond acceptors (Lipinski definition) is 1.